The van der Waals surface area contributed by atoms with Crippen LogP contribution in [0, 0.1) is 19.7 Å². The van der Waals surface area contributed by atoms with Gasteiger partial charge in [-0.1, -0.05) is 12.1 Å². The van der Waals surface area contributed by atoms with Crippen LogP contribution in [0.4, 0.5) is 4.39 Å². The molecular formula is C36H25FN8. The molecule has 8 rings (SSSR count). The van der Waals surface area contributed by atoms with Crippen LogP contribution in [0.5, 0.6) is 0 Å². The van der Waals surface area contributed by atoms with Gasteiger partial charge in [-0.25, -0.2) is 23.4 Å². The van der Waals surface area contributed by atoms with E-state index in [2.05, 4.69) is 41.4 Å². The molecule has 0 amide bonds. The van der Waals surface area contributed by atoms with Crippen molar-refractivity contribution in [2.45, 2.75) is 13.8 Å². The maximum atomic E-state index is 14.2. The summed E-state index contributed by atoms with van der Waals surface area (Å²) >= 11 is 0. The molecular weight excluding hydrogens is 563 g/mol. The van der Waals surface area contributed by atoms with Crippen molar-refractivity contribution in [3.8, 4) is 56.2 Å². The van der Waals surface area contributed by atoms with E-state index in [0.29, 0.717) is 5.56 Å². The van der Waals surface area contributed by atoms with Crippen LogP contribution in [0.2, 0.25) is 0 Å². The van der Waals surface area contributed by atoms with E-state index in [4.69, 9.17) is 19.9 Å². The third-order valence-corrected chi connectivity index (χ3v) is 8.01. The Kier molecular flexibility index (Phi) is 6.23. The minimum atomic E-state index is -0.249. The van der Waals surface area contributed by atoms with Crippen molar-refractivity contribution in [3.05, 3.63) is 133 Å². The zero-order chi connectivity index (χ0) is 30.5. The molecule has 0 N–H and O–H groups in total. The van der Waals surface area contributed by atoms with Crippen LogP contribution in [0.3, 0.4) is 0 Å². The highest BCUT2D eigenvalue weighted by Crippen LogP contribution is 2.37. The van der Waals surface area contributed by atoms with E-state index in [-0.39, 0.29) is 5.82 Å². The normalized spacial score (nSPS) is 11.4. The minimum absolute atomic E-state index is 0.249. The topological polar surface area (TPSA) is 86.2 Å². The van der Waals surface area contributed by atoms with E-state index < -0.39 is 0 Å². The van der Waals surface area contributed by atoms with Crippen molar-refractivity contribution < 1.29 is 4.39 Å². The third-order valence-electron chi connectivity index (χ3n) is 8.01. The molecule has 0 radical (unpaired) electrons. The Labute approximate surface area is 257 Å². The molecule has 8 nitrogen and oxygen atoms in total. The van der Waals surface area contributed by atoms with E-state index >= 15 is 0 Å². The number of halogens is 1. The maximum absolute atomic E-state index is 14.2. The fraction of sp³-hybridized carbons (Fsp3) is 0.0556. The molecule has 8 aromatic rings. The van der Waals surface area contributed by atoms with E-state index in [1.54, 1.807) is 40.6 Å². The van der Waals surface area contributed by atoms with E-state index in [9.17, 15) is 4.39 Å². The molecule has 0 atom stereocenters. The molecule has 0 aliphatic rings. The number of nitrogens with zero attached hydrogens (tertiary/aromatic N) is 8. The first-order chi connectivity index (χ1) is 22.0. The van der Waals surface area contributed by atoms with Gasteiger partial charge in [-0.05, 0) is 85.1 Å². The number of hydrogen-bond donors (Lipinski definition) is 0. The van der Waals surface area contributed by atoms with Gasteiger partial charge in [0.25, 0.3) is 0 Å². The third kappa shape index (κ3) is 4.71. The summed E-state index contributed by atoms with van der Waals surface area (Å²) in [6.45, 7) is 3.85. The molecule has 0 saturated heterocycles. The fourth-order valence-electron chi connectivity index (χ4n) is 5.73. The highest BCUT2D eigenvalue weighted by molar-refractivity contribution is 5.85. The quantitative estimate of drug-likeness (QED) is 0.205. The van der Waals surface area contributed by atoms with Crippen LogP contribution >= 0.6 is 0 Å². The molecule has 2 aromatic carbocycles. The highest BCUT2D eigenvalue weighted by atomic mass is 19.1. The Bertz CT molecular complexity index is 2390. The molecule has 45 heavy (non-hydrogen) atoms. The minimum Gasteiger partial charge on any atom is -0.256 e. The standard InChI is InChI=1S/C36H25FN8/c1-22-18-24(35-28(4-3-13-38-35)31-11-16-44-33(42-31)9-14-40-44)5-7-27(22)26-20-29(32-12-17-45-34(43-32)10-15-41-45)36(39-21-26)25-6-8-30(37)23(2)19-25/h3-21H,1-2H3. The van der Waals surface area contributed by atoms with Gasteiger partial charge in [0.1, 0.15) is 5.82 Å². The number of fused-ring (bicyclic) bond motifs is 2. The molecule has 216 valence electrons. The summed E-state index contributed by atoms with van der Waals surface area (Å²) in [5.74, 6) is -0.249. The lowest BCUT2D eigenvalue weighted by Gasteiger charge is -2.15. The SMILES string of the molecule is Cc1cc(-c2ncc(-c3ccc(-c4ncccc4-c4ccn5nccc5n4)cc3C)cc2-c2ccn3nccc3n2)ccc1F. The van der Waals surface area contributed by atoms with Crippen molar-refractivity contribution >= 4 is 11.3 Å². The summed E-state index contributed by atoms with van der Waals surface area (Å²) in [4.78, 5) is 19.3. The number of aromatic nitrogens is 8. The van der Waals surface area contributed by atoms with Crippen molar-refractivity contribution in [3.63, 3.8) is 0 Å². The first-order valence-electron chi connectivity index (χ1n) is 14.5. The number of aryl methyl sites for hydroxylation is 2. The summed E-state index contributed by atoms with van der Waals surface area (Å²) < 4.78 is 17.6. The lowest BCUT2D eigenvalue weighted by atomic mass is 9.93. The Hall–Kier alpha value is -6.09. The molecule has 0 spiro atoms. The van der Waals surface area contributed by atoms with Crippen LogP contribution in [-0.4, -0.2) is 39.2 Å². The highest BCUT2D eigenvalue weighted by Gasteiger charge is 2.17. The van der Waals surface area contributed by atoms with Gasteiger partial charge in [0, 0.05) is 64.7 Å². The summed E-state index contributed by atoms with van der Waals surface area (Å²) in [6, 6.07) is 25.1. The first-order valence-corrected chi connectivity index (χ1v) is 14.5. The number of benzene rings is 2. The van der Waals surface area contributed by atoms with Gasteiger partial charge in [-0.2, -0.15) is 10.2 Å². The lowest BCUT2D eigenvalue weighted by Crippen LogP contribution is -1.97. The van der Waals surface area contributed by atoms with Gasteiger partial charge in [0.2, 0.25) is 0 Å². The first kappa shape index (κ1) is 26.5. The molecule has 6 aromatic heterocycles. The lowest BCUT2D eigenvalue weighted by molar-refractivity contribution is 0.619. The van der Waals surface area contributed by atoms with E-state index in [1.807, 2.05) is 61.1 Å². The second-order valence-corrected chi connectivity index (χ2v) is 10.9. The fourth-order valence-corrected chi connectivity index (χ4v) is 5.73. The molecule has 0 bridgehead atoms. The molecule has 0 aliphatic carbocycles. The molecule has 0 fully saturated rings. The largest absolute Gasteiger partial charge is 0.256 e. The summed E-state index contributed by atoms with van der Waals surface area (Å²) in [5, 5.41) is 8.55. The molecule has 0 saturated carbocycles. The average molecular weight is 589 g/mol. The van der Waals surface area contributed by atoms with Crippen LogP contribution in [0.25, 0.3) is 67.5 Å². The van der Waals surface area contributed by atoms with Gasteiger partial charge in [-0.3, -0.25) is 9.97 Å². The zero-order valence-electron chi connectivity index (χ0n) is 24.4. The second kappa shape index (κ2) is 10.6. The van der Waals surface area contributed by atoms with E-state index in [1.165, 1.54) is 6.07 Å². The van der Waals surface area contributed by atoms with Crippen LogP contribution in [-0.2, 0) is 0 Å². The van der Waals surface area contributed by atoms with Gasteiger partial charge in [0.15, 0.2) is 11.3 Å². The number of hydrogen-bond acceptors (Lipinski definition) is 6. The Balaban J connectivity index is 1.23. The van der Waals surface area contributed by atoms with Crippen LogP contribution < -0.4 is 0 Å². The van der Waals surface area contributed by atoms with Crippen molar-refractivity contribution in [2.75, 3.05) is 0 Å². The second-order valence-electron chi connectivity index (χ2n) is 10.9. The van der Waals surface area contributed by atoms with Crippen molar-refractivity contribution in [1.82, 2.24) is 39.2 Å². The number of pyridine rings is 2. The Morgan fingerprint density at radius 3 is 1.89 bits per heavy atom. The monoisotopic (exact) mass is 588 g/mol. The van der Waals surface area contributed by atoms with Crippen LogP contribution in [0.15, 0.2) is 116 Å². The van der Waals surface area contributed by atoms with Gasteiger partial charge >= 0.3 is 0 Å². The molecule has 0 unspecified atom stereocenters. The molecule has 0 aliphatic heterocycles. The van der Waals surface area contributed by atoms with E-state index in [0.717, 1.165) is 73.0 Å². The molecule has 9 heteroatoms. The maximum Gasteiger partial charge on any atom is 0.155 e. The van der Waals surface area contributed by atoms with Gasteiger partial charge in [0.05, 0.1) is 35.2 Å². The summed E-state index contributed by atoms with van der Waals surface area (Å²) in [6.07, 6.45) is 10.9. The molecule has 6 heterocycles. The van der Waals surface area contributed by atoms with Gasteiger partial charge in [-0.15, -0.1) is 0 Å². The van der Waals surface area contributed by atoms with Crippen molar-refractivity contribution in [2.24, 2.45) is 0 Å². The Morgan fingerprint density at radius 2 is 1.20 bits per heavy atom. The van der Waals surface area contributed by atoms with Crippen LogP contribution in [0.1, 0.15) is 11.1 Å². The Morgan fingerprint density at radius 1 is 0.556 bits per heavy atom. The zero-order valence-corrected chi connectivity index (χ0v) is 24.4. The number of rotatable bonds is 5. The van der Waals surface area contributed by atoms with Gasteiger partial charge < -0.3 is 0 Å². The summed E-state index contributed by atoms with van der Waals surface area (Å²) in [5.41, 5.74) is 11.9. The smallest absolute Gasteiger partial charge is 0.155 e. The predicted octanol–water partition coefficient (Wildman–Crippen LogP) is 7.65. The average Bonchev–Trinajstić information content (AvgIpc) is 3.75. The predicted molar refractivity (Wildman–Crippen MR) is 172 cm³/mol. The summed E-state index contributed by atoms with van der Waals surface area (Å²) in [7, 11) is 0. The van der Waals surface area contributed by atoms with Crippen molar-refractivity contribution in [1.29, 1.82) is 0 Å².